The summed E-state index contributed by atoms with van der Waals surface area (Å²) in [7, 11) is 0. The van der Waals surface area contributed by atoms with Gasteiger partial charge in [0.2, 0.25) is 0 Å². The number of benzene rings is 1. The molecule has 0 bridgehead atoms. The molecule has 0 aromatic heterocycles. The number of aryl methyl sites for hydroxylation is 1. The van der Waals surface area contributed by atoms with Crippen molar-refractivity contribution in [2.75, 3.05) is 0 Å². The van der Waals surface area contributed by atoms with Crippen molar-refractivity contribution in [2.45, 2.75) is 38.5 Å². The fourth-order valence-corrected chi connectivity index (χ4v) is 1.72. The molecule has 1 aromatic rings. The van der Waals surface area contributed by atoms with Crippen LogP contribution in [0.2, 0.25) is 0 Å². The van der Waals surface area contributed by atoms with Crippen LogP contribution in [0.1, 0.15) is 43.2 Å². The number of rotatable bonds is 3. The predicted octanol–water partition coefficient (Wildman–Crippen LogP) is 3.32. The SMILES string of the molecule is CCCc1ccc[c]c1C1CC1. The van der Waals surface area contributed by atoms with Gasteiger partial charge in [-0.25, -0.2) is 0 Å². The van der Waals surface area contributed by atoms with Gasteiger partial charge in [-0.15, -0.1) is 0 Å². The lowest BCUT2D eigenvalue weighted by molar-refractivity contribution is 0.896. The number of hydrogen-bond donors (Lipinski definition) is 0. The zero-order chi connectivity index (χ0) is 8.39. The van der Waals surface area contributed by atoms with Crippen molar-refractivity contribution < 1.29 is 0 Å². The summed E-state index contributed by atoms with van der Waals surface area (Å²) in [6, 6.07) is 9.80. The van der Waals surface area contributed by atoms with Gasteiger partial charge in [-0.1, -0.05) is 31.5 Å². The third kappa shape index (κ3) is 1.52. The van der Waals surface area contributed by atoms with Crippen LogP contribution in [-0.4, -0.2) is 0 Å². The van der Waals surface area contributed by atoms with Crippen LogP contribution in [0.3, 0.4) is 0 Å². The molecule has 0 heteroatoms. The van der Waals surface area contributed by atoms with E-state index in [2.05, 4.69) is 25.1 Å². The van der Waals surface area contributed by atoms with E-state index < -0.39 is 0 Å². The lowest BCUT2D eigenvalue weighted by Crippen LogP contribution is -1.90. The Balaban J connectivity index is 2.24. The summed E-state index contributed by atoms with van der Waals surface area (Å²) in [6.45, 7) is 2.24. The molecular weight excluding hydrogens is 144 g/mol. The molecule has 0 N–H and O–H groups in total. The lowest BCUT2D eigenvalue weighted by atomic mass is 10.00. The van der Waals surface area contributed by atoms with Gasteiger partial charge < -0.3 is 0 Å². The van der Waals surface area contributed by atoms with Crippen LogP contribution in [0.5, 0.6) is 0 Å². The number of hydrogen-bond acceptors (Lipinski definition) is 0. The highest BCUT2D eigenvalue weighted by Gasteiger charge is 2.25. The van der Waals surface area contributed by atoms with Crippen LogP contribution < -0.4 is 0 Å². The first kappa shape index (κ1) is 7.85. The Morgan fingerprint density at radius 2 is 2.33 bits per heavy atom. The normalized spacial score (nSPS) is 16.4. The minimum Gasteiger partial charge on any atom is -0.0651 e. The third-order valence-corrected chi connectivity index (χ3v) is 2.48. The van der Waals surface area contributed by atoms with Gasteiger partial charge in [-0.2, -0.15) is 0 Å². The van der Waals surface area contributed by atoms with Crippen molar-refractivity contribution in [1.82, 2.24) is 0 Å². The molecule has 0 unspecified atom stereocenters. The van der Waals surface area contributed by atoms with Crippen LogP contribution in [0.15, 0.2) is 18.2 Å². The Hall–Kier alpha value is -0.780. The first-order valence-corrected chi connectivity index (χ1v) is 4.91. The molecule has 0 amide bonds. The molecule has 1 aromatic carbocycles. The van der Waals surface area contributed by atoms with Crippen LogP contribution >= 0.6 is 0 Å². The van der Waals surface area contributed by atoms with E-state index in [1.807, 2.05) is 6.07 Å². The van der Waals surface area contributed by atoms with E-state index in [1.54, 1.807) is 0 Å². The molecule has 0 aliphatic heterocycles. The summed E-state index contributed by atoms with van der Waals surface area (Å²) >= 11 is 0. The maximum Gasteiger partial charge on any atom is -0.0143 e. The second-order valence-corrected chi connectivity index (χ2v) is 3.63. The second-order valence-electron chi connectivity index (χ2n) is 3.63. The summed E-state index contributed by atoms with van der Waals surface area (Å²) in [5.41, 5.74) is 3.03. The summed E-state index contributed by atoms with van der Waals surface area (Å²) in [4.78, 5) is 0. The van der Waals surface area contributed by atoms with Crippen molar-refractivity contribution in [2.24, 2.45) is 0 Å². The zero-order valence-corrected chi connectivity index (χ0v) is 7.64. The molecule has 0 saturated heterocycles. The standard InChI is InChI=1S/C12H15/c1-2-5-10-6-3-4-7-12(10)11-8-9-11/h3-4,6,11H,2,5,8-9H2,1H3. The maximum absolute atomic E-state index is 3.38. The Kier molecular flexibility index (Phi) is 2.16. The maximum atomic E-state index is 3.38. The topological polar surface area (TPSA) is 0 Å². The van der Waals surface area contributed by atoms with Gasteiger partial charge in [0, 0.05) is 0 Å². The second kappa shape index (κ2) is 3.30. The van der Waals surface area contributed by atoms with Gasteiger partial charge >= 0.3 is 0 Å². The molecule has 0 nitrogen and oxygen atoms in total. The molecule has 63 valence electrons. The van der Waals surface area contributed by atoms with Gasteiger partial charge in [0.1, 0.15) is 0 Å². The Bertz CT molecular complexity index is 258. The molecular formula is C12H15. The minimum atomic E-state index is 0.854. The molecule has 1 radical (unpaired) electrons. The minimum absolute atomic E-state index is 0.854. The third-order valence-electron chi connectivity index (χ3n) is 2.48. The molecule has 2 rings (SSSR count). The fraction of sp³-hybridized carbons (Fsp3) is 0.500. The van der Waals surface area contributed by atoms with Gasteiger partial charge in [-0.05, 0) is 42.4 Å². The van der Waals surface area contributed by atoms with Crippen LogP contribution in [0.25, 0.3) is 0 Å². The van der Waals surface area contributed by atoms with Crippen LogP contribution in [0.4, 0.5) is 0 Å². The molecule has 0 spiro atoms. The average molecular weight is 159 g/mol. The van der Waals surface area contributed by atoms with Crippen molar-refractivity contribution >= 4 is 0 Å². The van der Waals surface area contributed by atoms with E-state index in [1.165, 1.54) is 36.8 Å². The average Bonchev–Trinajstić information content (AvgIpc) is 2.89. The highest BCUT2D eigenvalue weighted by Crippen LogP contribution is 2.41. The molecule has 1 aliphatic rings. The summed E-state index contributed by atoms with van der Waals surface area (Å²) in [5.74, 6) is 0.854. The van der Waals surface area contributed by atoms with Crippen LogP contribution in [0, 0.1) is 6.07 Å². The summed E-state index contributed by atoms with van der Waals surface area (Å²) < 4.78 is 0. The zero-order valence-electron chi connectivity index (χ0n) is 7.64. The molecule has 1 aliphatic carbocycles. The van der Waals surface area contributed by atoms with Crippen molar-refractivity contribution in [3.63, 3.8) is 0 Å². The fourth-order valence-electron chi connectivity index (χ4n) is 1.72. The van der Waals surface area contributed by atoms with E-state index in [0.29, 0.717) is 0 Å². The predicted molar refractivity (Wildman–Crippen MR) is 51.2 cm³/mol. The van der Waals surface area contributed by atoms with Crippen molar-refractivity contribution in [3.8, 4) is 0 Å². The molecule has 1 saturated carbocycles. The van der Waals surface area contributed by atoms with Crippen molar-refractivity contribution in [1.29, 1.82) is 0 Å². The monoisotopic (exact) mass is 159 g/mol. The lowest BCUT2D eigenvalue weighted by Gasteiger charge is -2.05. The first-order chi connectivity index (χ1) is 5.92. The van der Waals surface area contributed by atoms with Crippen molar-refractivity contribution in [3.05, 3.63) is 35.4 Å². The highest BCUT2D eigenvalue weighted by molar-refractivity contribution is 5.32. The molecule has 1 fully saturated rings. The molecule has 12 heavy (non-hydrogen) atoms. The van der Waals surface area contributed by atoms with Gasteiger partial charge in [0.15, 0.2) is 0 Å². The van der Waals surface area contributed by atoms with E-state index in [-0.39, 0.29) is 0 Å². The van der Waals surface area contributed by atoms with Gasteiger partial charge in [0.05, 0.1) is 0 Å². The van der Waals surface area contributed by atoms with Gasteiger partial charge in [-0.3, -0.25) is 0 Å². The summed E-state index contributed by atoms with van der Waals surface area (Å²) in [6.07, 6.45) is 5.25. The van der Waals surface area contributed by atoms with Gasteiger partial charge in [0.25, 0.3) is 0 Å². The molecule has 0 heterocycles. The van der Waals surface area contributed by atoms with E-state index in [4.69, 9.17) is 0 Å². The van der Waals surface area contributed by atoms with E-state index >= 15 is 0 Å². The first-order valence-electron chi connectivity index (χ1n) is 4.91. The van der Waals surface area contributed by atoms with E-state index in [0.717, 1.165) is 5.92 Å². The Labute approximate surface area is 74.6 Å². The quantitative estimate of drug-likeness (QED) is 0.634. The van der Waals surface area contributed by atoms with Crippen LogP contribution in [-0.2, 0) is 6.42 Å². The highest BCUT2D eigenvalue weighted by atomic mass is 14.3. The summed E-state index contributed by atoms with van der Waals surface area (Å²) in [5, 5.41) is 0. The van der Waals surface area contributed by atoms with E-state index in [9.17, 15) is 0 Å². The molecule has 0 atom stereocenters. The Morgan fingerprint density at radius 3 is 3.00 bits per heavy atom. The largest absolute Gasteiger partial charge is 0.0651 e. The smallest absolute Gasteiger partial charge is 0.0143 e. The Morgan fingerprint density at radius 1 is 1.50 bits per heavy atom.